The molecule has 0 radical (unpaired) electrons. The number of hydrogen-bond acceptors (Lipinski definition) is 7. The van der Waals surface area contributed by atoms with Crippen LogP contribution in [0.25, 0.3) is 0 Å². The number of nitrogens with one attached hydrogen (secondary N) is 1. The van der Waals surface area contributed by atoms with Crippen LogP contribution in [0.15, 0.2) is 36.4 Å². The molecule has 27 heavy (non-hydrogen) atoms. The normalized spacial score (nSPS) is 12.9. The number of hydrogen-bond donors (Lipinski definition) is 1. The molecule has 0 aliphatic carbocycles. The maximum atomic E-state index is 12.3. The fourth-order valence-electron chi connectivity index (χ4n) is 2.46. The molecule has 2 aromatic rings. The van der Waals surface area contributed by atoms with Gasteiger partial charge in [-0.25, -0.2) is 4.79 Å². The number of fused-ring (bicyclic) bond motifs is 1. The number of esters is 1. The van der Waals surface area contributed by atoms with Crippen LogP contribution < -0.4 is 24.3 Å². The zero-order valence-electron chi connectivity index (χ0n) is 15.1. The van der Waals surface area contributed by atoms with Crippen molar-refractivity contribution >= 4 is 17.6 Å². The molecule has 1 heterocycles. The first-order valence-electron chi connectivity index (χ1n) is 8.15. The van der Waals surface area contributed by atoms with E-state index in [4.69, 9.17) is 23.7 Å². The van der Waals surface area contributed by atoms with Crippen molar-refractivity contribution in [2.24, 2.45) is 0 Å². The molecule has 1 unspecified atom stereocenters. The van der Waals surface area contributed by atoms with Crippen molar-refractivity contribution < 1.29 is 33.3 Å². The first-order valence-corrected chi connectivity index (χ1v) is 8.15. The van der Waals surface area contributed by atoms with E-state index in [1.54, 1.807) is 24.3 Å². The summed E-state index contributed by atoms with van der Waals surface area (Å²) in [5.74, 6) is 0.919. The number of carbonyl (C=O) groups is 2. The molecule has 0 fully saturated rings. The van der Waals surface area contributed by atoms with Crippen molar-refractivity contribution in [2.45, 2.75) is 13.0 Å². The first kappa shape index (κ1) is 18.4. The van der Waals surface area contributed by atoms with Gasteiger partial charge in [-0.3, -0.25) is 4.79 Å². The molecule has 3 rings (SSSR count). The molecule has 0 aromatic heterocycles. The van der Waals surface area contributed by atoms with Gasteiger partial charge in [-0.15, -0.1) is 0 Å². The lowest BCUT2D eigenvalue weighted by Crippen LogP contribution is -2.30. The third-order valence-corrected chi connectivity index (χ3v) is 3.91. The minimum absolute atomic E-state index is 0.145. The van der Waals surface area contributed by atoms with Gasteiger partial charge < -0.3 is 29.0 Å². The SMILES string of the molecule is COc1ccc(C(=O)OC(C)C(=O)Nc2ccc3c(c2)OCO3)cc1OC. The van der Waals surface area contributed by atoms with Crippen LogP contribution in [0, 0.1) is 0 Å². The highest BCUT2D eigenvalue weighted by Gasteiger charge is 2.21. The standard InChI is InChI=1S/C19H19NO7/c1-11(18(21)20-13-5-7-15-17(9-13)26-10-25-15)27-19(22)12-4-6-14(23-2)16(8-12)24-3/h4-9,11H,10H2,1-3H3,(H,20,21). The van der Waals surface area contributed by atoms with Crippen molar-refractivity contribution in [3.8, 4) is 23.0 Å². The number of anilines is 1. The van der Waals surface area contributed by atoms with Gasteiger partial charge in [0.15, 0.2) is 29.1 Å². The van der Waals surface area contributed by atoms with Crippen LogP contribution in [0.4, 0.5) is 5.69 Å². The number of ether oxygens (including phenoxy) is 5. The van der Waals surface area contributed by atoms with Crippen molar-refractivity contribution in [1.82, 2.24) is 0 Å². The summed E-state index contributed by atoms with van der Waals surface area (Å²) in [6, 6.07) is 9.62. The Morgan fingerprint density at radius 3 is 2.48 bits per heavy atom. The van der Waals surface area contributed by atoms with E-state index in [9.17, 15) is 9.59 Å². The Kier molecular flexibility index (Phi) is 5.35. The lowest BCUT2D eigenvalue weighted by molar-refractivity contribution is -0.123. The second-order valence-corrected chi connectivity index (χ2v) is 5.67. The summed E-state index contributed by atoms with van der Waals surface area (Å²) in [7, 11) is 2.97. The third-order valence-electron chi connectivity index (χ3n) is 3.91. The molecule has 1 N–H and O–H groups in total. The Bertz CT molecular complexity index is 865. The molecule has 0 bridgehead atoms. The predicted octanol–water partition coefficient (Wildman–Crippen LogP) is 2.62. The van der Waals surface area contributed by atoms with Crippen LogP contribution in [-0.2, 0) is 9.53 Å². The van der Waals surface area contributed by atoms with Gasteiger partial charge in [0.25, 0.3) is 5.91 Å². The van der Waals surface area contributed by atoms with E-state index in [0.29, 0.717) is 28.7 Å². The maximum Gasteiger partial charge on any atom is 0.339 e. The first-order chi connectivity index (χ1) is 13.0. The van der Waals surface area contributed by atoms with Crippen LogP contribution >= 0.6 is 0 Å². The number of benzene rings is 2. The Labute approximate surface area is 155 Å². The Hall–Kier alpha value is -3.42. The highest BCUT2D eigenvalue weighted by Crippen LogP contribution is 2.34. The monoisotopic (exact) mass is 373 g/mol. The lowest BCUT2D eigenvalue weighted by atomic mass is 10.2. The van der Waals surface area contributed by atoms with Crippen LogP contribution in [0.5, 0.6) is 23.0 Å². The van der Waals surface area contributed by atoms with E-state index in [2.05, 4.69) is 5.32 Å². The molecular formula is C19H19NO7. The second kappa shape index (κ2) is 7.86. The zero-order valence-corrected chi connectivity index (χ0v) is 15.1. The summed E-state index contributed by atoms with van der Waals surface area (Å²) in [5.41, 5.74) is 0.758. The molecule has 1 amide bonds. The van der Waals surface area contributed by atoms with Crippen LogP contribution in [-0.4, -0.2) is 39.0 Å². The molecule has 1 aliphatic heterocycles. The van der Waals surface area contributed by atoms with E-state index in [0.717, 1.165) is 0 Å². The predicted molar refractivity (Wildman–Crippen MR) is 95.6 cm³/mol. The van der Waals surface area contributed by atoms with E-state index in [1.165, 1.54) is 33.3 Å². The van der Waals surface area contributed by atoms with Gasteiger partial charge in [-0.2, -0.15) is 0 Å². The van der Waals surface area contributed by atoms with Crippen molar-refractivity contribution in [2.75, 3.05) is 26.3 Å². The minimum Gasteiger partial charge on any atom is -0.493 e. The molecule has 142 valence electrons. The van der Waals surface area contributed by atoms with Crippen molar-refractivity contribution in [1.29, 1.82) is 0 Å². The summed E-state index contributed by atoms with van der Waals surface area (Å²) >= 11 is 0. The quantitative estimate of drug-likeness (QED) is 0.778. The fraction of sp³-hybridized carbons (Fsp3) is 0.263. The molecule has 0 saturated carbocycles. The maximum absolute atomic E-state index is 12.3. The smallest absolute Gasteiger partial charge is 0.339 e. The molecule has 1 aliphatic rings. The van der Waals surface area contributed by atoms with Crippen LogP contribution in [0.2, 0.25) is 0 Å². The number of rotatable bonds is 6. The minimum atomic E-state index is -1.00. The molecule has 8 nitrogen and oxygen atoms in total. The molecule has 0 saturated heterocycles. The second-order valence-electron chi connectivity index (χ2n) is 5.67. The summed E-state index contributed by atoms with van der Waals surface area (Å²) in [6.45, 7) is 1.63. The van der Waals surface area contributed by atoms with Crippen LogP contribution in [0.1, 0.15) is 17.3 Å². The Balaban J connectivity index is 1.63. The lowest BCUT2D eigenvalue weighted by Gasteiger charge is -2.14. The van der Waals surface area contributed by atoms with Gasteiger partial charge in [0.1, 0.15) is 0 Å². The van der Waals surface area contributed by atoms with Crippen LogP contribution in [0.3, 0.4) is 0 Å². The van der Waals surface area contributed by atoms with Gasteiger partial charge in [-0.1, -0.05) is 0 Å². The van der Waals surface area contributed by atoms with Gasteiger partial charge >= 0.3 is 5.97 Å². The average Bonchev–Trinajstić information content (AvgIpc) is 3.15. The van der Waals surface area contributed by atoms with Crippen molar-refractivity contribution in [3.05, 3.63) is 42.0 Å². The largest absolute Gasteiger partial charge is 0.493 e. The number of methoxy groups -OCH3 is 2. The van der Waals surface area contributed by atoms with Gasteiger partial charge in [0.05, 0.1) is 19.8 Å². The van der Waals surface area contributed by atoms with E-state index in [-0.39, 0.29) is 12.4 Å². The fourth-order valence-corrected chi connectivity index (χ4v) is 2.46. The number of amides is 1. The van der Waals surface area contributed by atoms with E-state index >= 15 is 0 Å². The molecular weight excluding hydrogens is 354 g/mol. The molecule has 0 spiro atoms. The van der Waals surface area contributed by atoms with E-state index < -0.39 is 18.0 Å². The highest BCUT2D eigenvalue weighted by molar-refractivity contribution is 5.97. The molecule has 1 atom stereocenters. The topological polar surface area (TPSA) is 92.3 Å². The molecule has 2 aromatic carbocycles. The summed E-state index contributed by atoms with van der Waals surface area (Å²) < 4.78 is 26.0. The number of carbonyl (C=O) groups excluding carboxylic acids is 2. The van der Waals surface area contributed by atoms with Gasteiger partial charge in [0.2, 0.25) is 6.79 Å². The van der Waals surface area contributed by atoms with E-state index in [1.807, 2.05) is 0 Å². The summed E-state index contributed by atoms with van der Waals surface area (Å²) in [4.78, 5) is 24.6. The zero-order chi connectivity index (χ0) is 19.4. The van der Waals surface area contributed by atoms with Crippen molar-refractivity contribution in [3.63, 3.8) is 0 Å². The average molecular weight is 373 g/mol. The molecule has 8 heteroatoms. The Morgan fingerprint density at radius 2 is 1.74 bits per heavy atom. The van der Waals surface area contributed by atoms with Gasteiger partial charge in [-0.05, 0) is 37.3 Å². The van der Waals surface area contributed by atoms with Gasteiger partial charge in [0, 0.05) is 11.8 Å². The summed E-state index contributed by atoms with van der Waals surface area (Å²) in [5, 5.41) is 2.67. The summed E-state index contributed by atoms with van der Waals surface area (Å²) in [6.07, 6.45) is -1.00. The third kappa shape index (κ3) is 4.05. The Morgan fingerprint density at radius 1 is 1.00 bits per heavy atom. The highest BCUT2D eigenvalue weighted by atomic mass is 16.7.